The van der Waals surface area contributed by atoms with E-state index in [0.717, 1.165) is 16.8 Å². The third-order valence-electron chi connectivity index (χ3n) is 3.77. The van der Waals surface area contributed by atoms with Crippen LogP contribution in [0.1, 0.15) is 44.7 Å². The van der Waals surface area contributed by atoms with Gasteiger partial charge >= 0.3 is 0 Å². The maximum atomic E-state index is 12.5. The van der Waals surface area contributed by atoms with Crippen molar-refractivity contribution in [2.75, 3.05) is 25.1 Å². The van der Waals surface area contributed by atoms with E-state index in [0.29, 0.717) is 19.8 Å². The zero-order valence-electron chi connectivity index (χ0n) is 16.3. The van der Waals surface area contributed by atoms with Gasteiger partial charge in [0, 0.05) is 25.1 Å². The monoisotopic (exact) mass is 359 g/mol. The Labute approximate surface area is 156 Å². The summed E-state index contributed by atoms with van der Waals surface area (Å²) in [4.78, 5) is 12.5. The van der Waals surface area contributed by atoms with Crippen LogP contribution in [-0.2, 0) is 14.3 Å². The smallest absolute Gasteiger partial charge is 0.267 e. The molecule has 26 heavy (non-hydrogen) atoms. The molecule has 0 spiro atoms. The van der Waals surface area contributed by atoms with Crippen LogP contribution >= 0.6 is 0 Å². The fraction of sp³-hybridized carbons (Fsp3) is 0.500. The average Bonchev–Trinajstić information content (AvgIpc) is 2.60. The molecule has 0 saturated heterocycles. The number of nitrogens with one attached hydrogen (secondary N) is 2. The first-order valence-electron chi connectivity index (χ1n) is 8.92. The molecule has 142 valence electrons. The molecule has 0 aliphatic carbocycles. The first-order chi connectivity index (χ1) is 12.4. The molecule has 0 atom stereocenters. The van der Waals surface area contributed by atoms with Gasteiger partial charge in [0.05, 0.1) is 6.54 Å². The Kier molecular flexibility index (Phi) is 9.42. The van der Waals surface area contributed by atoms with E-state index >= 15 is 0 Å². The van der Waals surface area contributed by atoms with Gasteiger partial charge in [-0.3, -0.25) is 4.79 Å². The standard InChI is InChI=1S/C20H29N3O3/c1-6-25-18(26-7-2)13-22-12-16(11-21)20(24)23-19-15(5)9-8-10-17(19)14(3)4/h8-10,12,14,18,22H,6-7,13H2,1-5H3,(H,23,24)/b16-12-. The van der Waals surface area contributed by atoms with Crippen molar-refractivity contribution in [3.8, 4) is 6.07 Å². The van der Waals surface area contributed by atoms with Crippen molar-refractivity contribution in [3.63, 3.8) is 0 Å². The fourth-order valence-corrected chi connectivity index (χ4v) is 2.47. The summed E-state index contributed by atoms with van der Waals surface area (Å²) in [6, 6.07) is 7.81. The Morgan fingerprint density at radius 3 is 2.46 bits per heavy atom. The number of ether oxygens (including phenoxy) is 2. The second kappa shape index (κ2) is 11.3. The molecular formula is C20H29N3O3. The predicted octanol–water partition coefficient (Wildman–Crippen LogP) is 3.45. The van der Waals surface area contributed by atoms with Gasteiger partial charge in [0.1, 0.15) is 11.6 Å². The number of amides is 1. The molecule has 6 heteroatoms. The van der Waals surface area contributed by atoms with Crippen LogP contribution in [-0.4, -0.2) is 32.0 Å². The van der Waals surface area contributed by atoms with E-state index in [1.54, 1.807) is 0 Å². The molecule has 1 rings (SSSR count). The van der Waals surface area contributed by atoms with Crippen LogP contribution in [0, 0.1) is 18.3 Å². The van der Waals surface area contributed by atoms with Crippen molar-refractivity contribution in [3.05, 3.63) is 41.1 Å². The van der Waals surface area contributed by atoms with Crippen molar-refractivity contribution in [1.29, 1.82) is 5.26 Å². The molecule has 6 nitrogen and oxygen atoms in total. The molecule has 0 aliphatic rings. The maximum Gasteiger partial charge on any atom is 0.267 e. The summed E-state index contributed by atoms with van der Waals surface area (Å²) in [7, 11) is 0. The second-order valence-electron chi connectivity index (χ2n) is 6.07. The highest BCUT2D eigenvalue weighted by Gasteiger charge is 2.15. The number of rotatable bonds is 10. The van der Waals surface area contributed by atoms with Crippen molar-refractivity contribution in [2.45, 2.75) is 46.8 Å². The van der Waals surface area contributed by atoms with E-state index < -0.39 is 12.2 Å². The van der Waals surface area contributed by atoms with Crippen LogP contribution in [0.2, 0.25) is 0 Å². The molecule has 0 heterocycles. The Bertz CT molecular complexity index is 657. The van der Waals surface area contributed by atoms with Gasteiger partial charge in [-0.25, -0.2) is 0 Å². The highest BCUT2D eigenvalue weighted by atomic mass is 16.7. The number of hydrogen-bond donors (Lipinski definition) is 2. The molecule has 0 unspecified atom stereocenters. The van der Waals surface area contributed by atoms with E-state index in [2.05, 4.69) is 24.5 Å². The molecule has 0 radical (unpaired) electrons. The molecule has 1 aromatic carbocycles. The minimum Gasteiger partial charge on any atom is -0.385 e. The number of nitrogens with zero attached hydrogens (tertiary/aromatic N) is 1. The average molecular weight is 359 g/mol. The fourth-order valence-electron chi connectivity index (χ4n) is 2.47. The van der Waals surface area contributed by atoms with Crippen molar-refractivity contribution in [1.82, 2.24) is 5.32 Å². The number of anilines is 1. The van der Waals surface area contributed by atoms with Gasteiger partial charge in [0.15, 0.2) is 6.29 Å². The number of benzene rings is 1. The molecule has 0 bridgehead atoms. The topological polar surface area (TPSA) is 83.4 Å². The maximum absolute atomic E-state index is 12.5. The summed E-state index contributed by atoms with van der Waals surface area (Å²) in [5.41, 5.74) is 2.75. The van der Waals surface area contributed by atoms with E-state index in [1.807, 2.05) is 45.0 Å². The molecular weight excluding hydrogens is 330 g/mol. The first-order valence-corrected chi connectivity index (χ1v) is 8.92. The normalized spacial score (nSPS) is 11.5. The summed E-state index contributed by atoms with van der Waals surface area (Å²) in [6.45, 7) is 11.2. The van der Waals surface area contributed by atoms with Gasteiger partial charge in [0.25, 0.3) is 5.91 Å². The Morgan fingerprint density at radius 1 is 1.27 bits per heavy atom. The Hall–Kier alpha value is -2.36. The molecule has 1 amide bonds. The van der Waals surface area contributed by atoms with Gasteiger partial charge in [-0.15, -0.1) is 0 Å². The third kappa shape index (κ3) is 6.51. The predicted molar refractivity (Wildman–Crippen MR) is 103 cm³/mol. The van der Waals surface area contributed by atoms with Crippen LogP contribution in [0.15, 0.2) is 30.0 Å². The Morgan fingerprint density at radius 2 is 1.92 bits per heavy atom. The molecule has 0 saturated carbocycles. The molecule has 0 aliphatic heterocycles. The lowest BCUT2D eigenvalue weighted by molar-refractivity contribution is -0.131. The lowest BCUT2D eigenvalue weighted by atomic mass is 9.98. The van der Waals surface area contributed by atoms with E-state index in [9.17, 15) is 10.1 Å². The highest BCUT2D eigenvalue weighted by molar-refractivity contribution is 6.07. The summed E-state index contributed by atoms with van der Waals surface area (Å²) in [6.07, 6.45) is 0.974. The second-order valence-corrected chi connectivity index (χ2v) is 6.07. The van der Waals surface area contributed by atoms with Crippen molar-refractivity contribution >= 4 is 11.6 Å². The van der Waals surface area contributed by atoms with Gasteiger partial charge in [-0.1, -0.05) is 32.0 Å². The van der Waals surface area contributed by atoms with Crippen LogP contribution < -0.4 is 10.6 Å². The molecule has 2 N–H and O–H groups in total. The lowest BCUT2D eigenvalue weighted by Crippen LogP contribution is -2.29. The van der Waals surface area contributed by atoms with E-state index in [1.165, 1.54) is 6.20 Å². The highest BCUT2D eigenvalue weighted by Crippen LogP contribution is 2.27. The minimum absolute atomic E-state index is 0.00490. The van der Waals surface area contributed by atoms with Gasteiger partial charge < -0.3 is 20.1 Å². The molecule has 0 aromatic heterocycles. The number of para-hydroxylation sites is 1. The molecule has 0 fully saturated rings. The quantitative estimate of drug-likeness (QED) is 0.380. The Balaban J connectivity index is 2.83. The van der Waals surface area contributed by atoms with Crippen molar-refractivity contribution < 1.29 is 14.3 Å². The van der Waals surface area contributed by atoms with Crippen molar-refractivity contribution in [2.24, 2.45) is 0 Å². The number of carbonyl (C=O) groups is 1. The lowest BCUT2D eigenvalue weighted by Gasteiger charge is -2.17. The third-order valence-corrected chi connectivity index (χ3v) is 3.77. The van der Waals surface area contributed by atoms with Crippen LogP contribution in [0.25, 0.3) is 0 Å². The molecule has 1 aromatic rings. The van der Waals surface area contributed by atoms with E-state index in [4.69, 9.17) is 9.47 Å². The SMILES string of the molecule is CCOC(CN/C=C(/C#N)C(=O)Nc1c(C)cccc1C(C)C)OCC. The minimum atomic E-state index is -0.444. The number of carbonyl (C=O) groups excluding carboxylic acids is 1. The van der Waals surface area contributed by atoms with E-state index in [-0.39, 0.29) is 11.5 Å². The summed E-state index contributed by atoms with van der Waals surface area (Å²) in [5, 5.41) is 15.1. The largest absolute Gasteiger partial charge is 0.385 e. The zero-order valence-corrected chi connectivity index (χ0v) is 16.3. The number of nitriles is 1. The summed E-state index contributed by atoms with van der Waals surface area (Å²) >= 11 is 0. The van der Waals surface area contributed by atoms with Gasteiger partial charge in [0.2, 0.25) is 0 Å². The zero-order chi connectivity index (χ0) is 19.5. The summed E-state index contributed by atoms with van der Waals surface area (Å²) in [5.74, 6) is -0.184. The number of hydrogen-bond acceptors (Lipinski definition) is 5. The van der Waals surface area contributed by atoms with Crippen LogP contribution in [0.3, 0.4) is 0 Å². The summed E-state index contributed by atoms with van der Waals surface area (Å²) < 4.78 is 10.8. The van der Waals surface area contributed by atoms with Gasteiger partial charge in [-0.05, 0) is 37.8 Å². The van der Waals surface area contributed by atoms with Gasteiger partial charge in [-0.2, -0.15) is 5.26 Å². The van der Waals surface area contributed by atoms with Crippen LogP contribution in [0.5, 0.6) is 0 Å². The first kappa shape index (κ1) is 21.7. The number of aryl methyl sites for hydroxylation is 1. The van der Waals surface area contributed by atoms with Crippen LogP contribution in [0.4, 0.5) is 5.69 Å².